The summed E-state index contributed by atoms with van der Waals surface area (Å²) in [5, 5.41) is 8.96. The molecular weight excluding hydrogens is 637 g/mol. The van der Waals surface area contributed by atoms with Gasteiger partial charge in [-0.3, -0.25) is 4.57 Å². The van der Waals surface area contributed by atoms with E-state index >= 15 is 0 Å². The zero-order chi connectivity index (χ0) is 34.2. The van der Waals surface area contributed by atoms with Crippen molar-refractivity contribution < 1.29 is 4.42 Å². The smallest absolute Gasteiger partial charge is 0.238 e. The quantitative estimate of drug-likeness (QED) is 0.188. The first kappa shape index (κ1) is 28.7. The Balaban J connectivity index is 1.35. The molecule has 8 aromatic carbocycles. The van der Waals surface area contributed by atoms with Crippen LogP contribution in [0.25, 0.3) is 105 Å². The van der Waals surface area contributed by atoms with Crippen LogP contribution in [-0.4, -0.2) is 19.5 Å². The van der Waals surface area contributed by atoms with Gasteiger partial charge in [-0.25, -0.2) is 4.98 Å². The van der Waals surface area contributed by atoms with Gasteiger partial charge in [-0.15, -0.1) is 0 Å². The van der Waals surface area contributed by atoms with E-state index in [1.807, 2.05) is 42.5 Å². The van der Waals surface area contributed by atoms with Gasteiger partial charge >= 0.3 is 0 Å². The molecule has 0 saturated carbocycles. The van der Waals surface area contributed by atoms with Gasteiger partial charge in [-0.1, -0.05) is 158 Å². The van der Waals surface area contributed by atoms with E-state index < -0.39 is 0 Å². The fourth-order valence-electron chi connectivity index (χ4n) is 7.92. The molecule has 0 spiro atoms. The standard InChI is InChI=1S/C47H28N4O/c1-3-15-30(16-4-1)45-48-46(31-17-5-2-6-18-31)50-47(49-45)51-42-34-21-10-7-14-29(34)26-27-37(42)36-23-13-24-38(43(36)51)41-33-20-9-8-19-32(33)28-39-35-22-11-12-25-40(35)52-44(39)41/h1-28H. The lowest BCUT2D eigenvalue weighted by atomic mass is 9.93. The maximum atomic E-state index is 6.79. The van der Waals surface area contributed by atoms with Crippen molar-refractivity contribution in [1.82, 2.24) is 19.5 Å². The number of benzene rings is 8. The van der Waals surface area contributed by atoms with Crippen molar-refractivity contribution in [1.29, 1.82) is 0 Å². The Labute approximate surface area is 298 Å². The summed E-state index contributed by atoms with van der Waals surface area (Å²) in [5.74, 6) is 1.78. The maximum Gasteiger partial charge on any atom is 0.238 e. The van der Waals surface area contributed by atoms with Crippen LogP contribution in [-0.2, 0) is 0 Å². The molecule has 5 nitrogen and oxygen atoms in total. The molecule has 0 amide bonds. The zero-order valence-electron chi connectivity index (χ0n) is 27.9. The van der Waals surface area contributed by atoms with Gasteiger partial charge < -0.3 is 4.42 Å². The predicted octanol–water partition coefficient (Wildman–Crippen LogP) is 12.2. The highest BCUT2D eigenvalue weighted by Gasteiger charge is 2.25. The summed E-state index contributed by atoms with van der Waals surface area (Å²) in [4.78, 5) is 15.6. The number of rotatable bonds is 4. The molecule has 0 aliphatic rings. The maximum absolute atomic E-state index is 6.79. The van der Waals surface area contributed by atoms with Crippen LogP contribution in [0.2, 0.25) is 0 Å². The SMILES string of the molecule is c1ccc(-c2nc(-c3ccccc3)nc(-n3c4c(-c5c6ccccc6cc6c5oc5ccccc56)cccc4c4ccc5ccccc5c43)n2)cc1. The molecule has 11 aromatic rings. The molecule has 0 unspecified atom stereocenters. The summed E-state index contributed by atoms with van der Waals surface area (Å²) in [6.07, 6.45) is 0. The highest BCUT2D eigenvalue weighted by molar-refractivity contribution is 6.25. The van der Waals surface area contributed by atoms with Crippen molar-refractivity contribution in [2.45, 2.75) is 0 Å². The Bertz CT molecular complexity index is 3120. The molecule has 0 aliphatic carbocycles. The van der Waals surface area contributed by atoms with E-state index in [4.69, 9.17) is 19.4 Å². The fourth-order valence-corrected chi connectivity index (χ4v) is 7.92. The number of para-hydroxylation sites is 2. The number of fused-ring (bicyclic) bond motifs is 9. The van der Waals surface area contributed by atoms with Crippen molar-refractivity contribution in [2.24, 2.45) is 0 Å². The minimum absolute atomic E-state index is 0.553. The number of aromatic nitrogens is 4. The summed E-state index contributed by atoms with van der Waals surface area (Å²) in [6, 6.07) is 59.0. The van der Waals surface area contributed by atoms with E-state index in [0.29, 0.717) is 17.6 Å². The first-order valence-electron chi connectivity index (χ1n) is 17.5. The van der Waals surface area contributed by atoms with Gasteiger partial charge in [-0.2, -0.15) is 9.97 Å². The van der Waals surface area contributed by atoms with Crippen LogP contribution in [0.3, 0.4) is 0 Å². The lowest BCUT2D eigenvalue weighted by Crippen LogP contribution is -2.07. The van der Waals surface area contributed by atoms with Gasteiger partial charge in [0.25, 0.3) is 0 Å². The van der Waals surface area contributed by atoms with E-state index in [1.54, 1.807) is 0 Å². The summed E-state index contributed by atoms with van der Waals surface area (Å²) >= 11 is 0. The molecule has 0 saturated heterocycles. The Kier molecular flexibility index (Phi) is 6.18. The fraction of sp³-hybridized carbons (Fsp3) is 0. The first-order valence-corrected chi connectivity index (χ1v) is 17.5. The highest BCUT2D eigenvalue weighted by Crippen LogP contribution is 2.46. The largest absolute Gasteiger partial charge is 0.455 e. The topological polar surface area (TPSA) is 56.7 Å². The van der Waals surface area contributed by atoms with E-state index in [2.05, 4.69) is 132 Å². The van der Waals surface area contributed by atoms with E-state index in [-0.39, 0.29) is 0 Å². The third kappa shape index (κ3) is 4.26. The van der Waals surface area contributed by atoms with Crippen molar-refractivity contribution in [3.63, 3.8) is 0 Å². The summed E-state index contributed by atoms with van der Waals surface area (Å²) in [5.41, 5.74) is 7.72. The lowest BCUT2D eigenvalue weighted by Gasteiger charge is -2.15. The first-order chi connectivity index (χ1) is 25.8. The average molecular weight is 665 g/mol. The summed E-state index contributed by atoms with van der Waals surface area (Å²) in [7, 11) is 0. The number of furan rings is 1. The van der Waals surface area contributed by atoms with Gasteiger partial charge in [0, 0.05) is 49.2 Å². The van der Waals surface area contributed by atoms with Gasteiger partial charge in [0.15, 0.2) is 11.6 Å². The Morgan fingerprint density at radius 3 is 1.75 bits per heavy atom. The lowest BCUT2D eigenvalue weighted by molar-refractivity contribution is 0.670. The molecule has 0 bridgehead atoms. The third-order valence-corrected chi connectivity index (χ3v) is 10.2. The number of hydrogen-bond donors (Lipinski definition) is 0. The number of nitrogens with zero attached hydrogens (tertiary/aromatic N) is 4. The van der Waals surface area contributed by atoms with Crippen LogP contribution in [0.1, 0.15) is 0 Å². The molecule has 52 heavy (non-hydrogen) atoms. The minimum atomic E-state index is 0.553. The van der Waals surface area contributed by atoms with Crippen LogP contribution in [0, 0.1) is 0 Å². The Morgan fingerprint density at radius 1 is 0.404 bits per heavy atom. The van der Waals surface area contributed by atoms with Crippen molar-refractivity contribution in [2.75, 3.05) is 0 Å². The molecule has 5 heteroatoms. The average Bonchev–Trinajstić information content (AvgIpc) is 3.76. The van der Waals surface area contributed by atoms with Gasteiger partial charge in [0.05, 0.1) is 11.0 Å². The molecule has 0 aliphatic heterocycles. The zero-order valence-corrected chi connectivity index (χ0v) is 27.9. The van der Waals surface area contributed by atoms with Crippen LogP contribution in [0.5, 0.6) is 0 Å². The van der Waals surface area contributed by atoms with Crippen LogP contribution < -0.4 is 0 Å². The minimum Gasteiger partial charge on any atom is -0.455 e. The van der Waals surface area contributed by atoms with E-state index in [1.165, 1.54) is 0 Å². The second-order valence-corrected chi connectivity index (χ2v) is 13.2. The third-order valence-electron chi connectivity index (χ3n) is 10.2. The Hall–Kier alpha value is -7.11. The molecule has 3 aromatic heterocycles. The molecule has 0 atom stereocenters. The normalized spacial score (nSPS) is 11.8. The second kappa shape index (κ2) is 11.2. The van der Waals surface area contributed by atoms with Gasteiger partial charge in [0.1, 0.15) is 11.2 Å². The molecule has 242 valence electrons. The second-order valence-electron chi connectivity index (χ2n) is 13.2. The number of hydrogen-bond acceptors (Lipinski definition) is 4. The van der Waals surface area contributed by atoms with E-state index in [9.17, 15) is 0 Å². The van der Waals surface area contributed by atoms with Crippen molar-refractivity contribution in [3.8, 4) is 39.9 Å². The van der Waals surface area contributed by atoms with Gasteiger partial charge in [-0.05, 0) is 28.3 Å². The summed E-state index contributed by atoms with van der Waals surface area (Å²) in [6.45, 7) is 0. The predicted molar refractivity (Wildman–Crippen MR) is 213 cm³/mol. The van der Waals surface area contributed by atoms with Crippen LogP contribution in [0.15, 0.2) is 174 Å². The monoisotopic (exact) mass is 664 g/mol. The summed E-state index contributed by atoms with van der Waals surface area (Å²) < 4.78 is 9.05. The molecule has 11 rings (SSSR count). The molecule has 0 radical (unpaired) electrons. The molecule has 0 N–H and O–H groups in total. The highest BCUT2D eigenvalue weighted by atomic mass is 16.3. The van der Waals surface area contributed by atoms with Gasteiger partial charge in [0.2, 0.25) is 5.95 Å². The van der Waals surface area contributed by atoms with Crippen molar-refractivity contribution in [3.05, 3.63) is 170 Å². The van der Waals surface area contributed by atoms with Crippen LogP contribution in [0.4, 0.5) is 0 Å². The van der Waals surface area contributed by atoms with Crippen LogP contribution >= 0.6 is 0 Å². The molecule has 3 heterocycles. The van der Waals surface area contributed by atoms with Crippen molar-refractivity contribution >= 4 is 65.3 Å². The molecule has 0 fully saturated rings. The van der Waals surface area contributed by atoms with E-state index in [0.717, 1.165) is 87.5 Å². The molecular formula is C47H28N4O. The Morgan fingerprint density at radius 2 is 1.00 bits per heavy atom.